The number of aliphatic imine (C=N–C) groups is 1. The Hall–Kier alpha value is -0.940. The molecular formula is C24H39IN4O3. The molecule has 32 heavy (non-hydrogen) atoms. The molecule has 3 aliphatic heterocycles. The van der Waals surface area contributed by atoms with E-state index in [9.17, 15) is 0 Å². The standard InChI is InChI=1S/C24H38N4O3.HI/c1-25-24(28-8-5-22(18-28)17-27-9-13-30-14-10-27)26-16-20-3-2-4-21(15-20)19-31-23-6-11-29-12-7-23;/h2-4,15,22-23H,5-14,16-19H2,1H3,(H,25,26);1H. The van der Waals surface area contributed by atoms with E-state index in [-0.39, 0.29) is 24.0 Å². The zero-order chi connectivity index (χ0) is 21.3. The van der Waals surface area contributed by atoms with Gasteiger partial charge in [-0.1, -0.05) is 24.3 Å². The van der Waals surface area contributed by atoms with Crippen molar-refractivity contribution in [2.45, 2.75) is 38.5 Å². The number of nitrogens with one attached hydrogen (secondary N) is 1. The third kappa shape index (κ3) is 7.83. The van der Waals surface area contributed by atoms with Crippen molar-refractivity contribution in [1.82, 2.24) is 15.1 Å². The minimum atomic E-state index is 0. The first-order valence-corrected chi connectivity index (χ1v) is 11.8. The van der Waals surface area contributed by atoms with Gasteiger partial charge in [-0.25, -0.2) is 0 Å². The number of hydrogen-bond donors (Lipinski definition) is 1. The molecule has 3 aliphatic rings. The molecule has 3 fully saturated rings. The van der Waals surface area contributed by atoms with Crippen LogP contribution in [0.4, 0.5) is 0 Å². The van der Waals surface area contributed by atoms with E-state index in [0.29, 0.717) is 18.6 Å². The van der Waals surface area contributed by atoms with Gasteiger partial charge in [-0.05, 0) is 36.3 Å². The Morgan fingerprint density at radius 3 is 2.59 bits per heavy atom. The van der Waals surface area contributed by atoms with Gasteiger partial charge < -0.3 is 24.4 Å². The number of hydrogen-bond acceptors (Lipinski definition) is 5. The average molecular weight is 559 g/mol. The maximum Gasteiger partial charge on any atom is 0.193 e. The van der Waals surface area contributed by atoms with Gasteiger partial charge in [0.15, 0.2) is 5.96 Å². The number of guanidine groups is 1. The first-order chi connectivity index (χ1) is 15.3. The number of likely N-dealkylation sites (tertiary alicyclic amines) is 1. The number of benzene rings is 1. The Labute approximate surface area is 209 Å². The number of ether oxygens (including phenoxy) is 3. The van der Waals surface area contributed by atoms with Crippen LogP contribution in [0.2, 0.25) is 0 Å². The molecule has 0 aliphatic carbocycles. The number of halogens is 1. The number of rotatable bonds is 7. The molecular weight excluding hydrogens is 519 g/mol. The lowest BCUT2D eigenvalue weighted by atomic mass is 10.1. The summed E-state index contributed by atoms with van der Waals surface area (Å²) in [5.41, 5.74) is 2.49. The molecule has 1 aromatic rings. The van der Waals surface area contributed by atoms with Crippen LogP contribution < -0.4 is 5.32 Å². The summed E-state index contributed by atoms with van der Waals surface area (Å²) in [7, 11) is 1.88. The molecule has 7 nitrogen and oxygen atoms in total. The molecule has 8 heteroatoms. The van der Waals surface area contributed by atoms with Gasteiger partial charge in [0.05, 0.1) is 25.9 Å². The Balaban J connectivity index is 0.00000289. The Morgan fingerprint density at radius 1 is 1.06 bits per heavy atom. The molecule has 0 bridgehead atoms. The summed E-state index contributed by atoms with van der Waals surface area (Å²) in [6.07, 6.45) is 3.56. The molecule has 0 spiro atoms. The van der Waals surface area contributed by atoms with Crippen LogP contribution in [0.1, 0.15) is 30.4 Å². The SMILES string of the molecule is CN=C(NCc1cccc(COC2CCOCC2)c1)N1CCC(CN2CCOCC2)C1.I. The molecule has 4 rings (SSSR count). The van der Waals surface area contributed by atoms with Gasteiger partial charge in [-0.15, -0.1) is 24.0 Å². The molecule has 3 heterocycles. The van der Waals surface area contributed by atoms with Gasteiger partial charge in [-0.3, -0.25) is 9.89 Å². The van der Waals surface area contributed by atoms with E-state index in [4.69, 9.17) is 14.2 Å². The molecule has 1 unspecified atom stereocenters. The quantitative estimate of drug-likeness (QED) is 0.316. The van der Waals surface area contributed by atoms with E-state index in [0.717, 1.165) is 78.0 Å². The highest BCUT2D eigenvalue weighted by molar-refractivity contribution is 14.0. The maximum atomic E-state index is 6.08. The molecule has 180 valence electrons. The van der Waals surface area contributed by atoms with Crippen molar-refractivity contribution in [1.29, 1.82) is 0 Å². The maximum absolute atomic E-state index is 6.08. The van der Waals surface area contributed by atoms with Crippen LogP contribution in [0.3, 0.4) is 0 Å². The van der Waals surface area contributed by atoms with E-state index in [2.05, 4.69) is 44.4 Å². The minimum absolute atomic E-state index is 0. The van der Waals surface area contributed by atoms with Gasteiger partial charge in [0.1, 0.15) is 0 Å². The van der Waals surface area contributed by atoms with Gasteiger partial charge in [0, 0.05) is 59.5 Å². The molecule has 1 N–H and O–H groups in total. The van der Waals surface area contributed by atoms with Gasteiger partial charge in [0.2, 0.25) is 0 Å². The fourth-order valence-electron chi connectivity index (χ4n) is 4.72. The van der Waals surface area contributed by atoms with E-state index >= 15 is 0 Å². The highest BCUT2D eigenvalue weighted by Gasteiger charge is 2.27. The topological polar surface area (TPSA) is 58.6 Å². The highest BCUT2D eigenvalue weighted by Crippen LogP contribution is 2.19. The summed E-state index contributed by atoms with van der Waals surface area (Å²) in [4.78, 5) is 9.50. The van der Waals surface area contributed by atoms with Crippen LogP contribution in [0.25, 0.3) is 0 Å². The third-order valence-corrected chi connectivity index (χ3v) is 6.51. The number of nitrogens with zero attached hydrogens (tertiary/aromatic N) is 3. The van der Waals surface area contributed by atoms with Crippen LogP contribution in [0.15, 0.2) is 29.3 Å². The van der Waals surface area contributed by atoms with Crippen LogP contribution >= 0.6 is 24.0 Å². The molecule has 0 saturated carbocycles. The van der Waals surface area contributed by atoms with E-state index in [1.807, 2.05) is 7.05 Å². The summed E-state index contributed by atoms with van der Waals surface area (Å²) >= 11 is 0. The normalized spacial score (nSPS) is 23.2. The van der Waals surface area contributed by atoms with Crippen LogP contribution in [-0.4, -0.2) is 88.1 Å². The predicted octanol–water partition coefficient (Wildman–Crippen LogP) is 2.73. The zero-order valence-electron chi connectivity index (χ0n) is 19.3. The first kappa shape index (κ1) is 25.7. The summed E-state index contributed by atoms with van der Waals surface area (Å²) < 4.78 is 17.0. The lowest BCUT2D eigenvalue weighted by molar-refractivity contribution is -0.0390. The highest BCUT2D eigenvalue weighted by atomic mass is 127. The predicted molar refractivity (Wildman–Crippen MR) is 138 cm³/mol. The second-order valence-corrected chi connectivity index (χ2v) is 8.86. The number of morpholine rings is 1. The molecule has 1 atom stereocenters. The van der Waals surface area contributed by atoms with Crippen molar-refractivity contribution in [3.63, 3.8) is 0 Å². The largest absolute Gasteiger partial charge is 0.381 e. The summed E-state index contributed by atoms with van der Waals surface area (Å²) in [6, 6.07) is 8.68. The minimum Gasteiger partial charge on any atom is -0.381 e. The van der Waals surface area contributed by atoms with Gasteiger partial charge in [-0.2, -0.15) is 0 Å². The fourth-order valence-corrected chi connectivity index (χ4v) is 4.72. The van der Waals surface area contributed by atoms with Crippen molar-refractivity contribution >= 4 is 29.9 Å². The fraction of sp³-hybridized carbons (Fsp3) is 0.708. The second kappa shape index (κ2) is 13.7. The van der Waals surface area contributed by atoms with E-state index in [1.54, 1.807) is 0 Å². The summed E-state index contributed by atoms with van der Waals surface area (Å²) in [5, 5.41) is 3.57. The van der Waals surface area contributed by atoms with Crippen LogP contribution in [-0.2, 0) is 27.4 Å². The smallest absolute Gasteiger partial charge is 0.193 e. The molecule has 1 aromatic carbocycles. The van der Waals surface area contributed by atoms with Gasteiger partial charge in [0.25, 0.3) is 0 Å². The van der Waals surface area contributed by atoms with Crippen molar-refractivity contribution in [3.05, 3.63) is 35.4 Å². The van der Waals surface area contributed by atoms with Crippen molar-refractivity contribution in [2.24, 2.45) is 10.9 Å². The Bertz CT molecular complexity index is 708. The lowest BCUT2D eigenvalue weighted by Gasteiger charge is -2.29. The Kier molecular flexibility index (Phi) is 11.0. The van der Waals surface area contributed by atoms with Crippen LogP contribution in [0, 0.1) is 5.92 Å². The Morgan fingerprint density at radius 2 is 1.81 bits per heavy atom. The van der Waals surface area contributed by atoms with Crippen molar-refractivity contribution in [3.8, 4) is 0 Å². The summed E-state index contributed by atoms with van der Waals surface area (Å²) in [5.74, 6) is 1.72. The average Bonchev–Trinajstić information content (AvgIpc) is 3.28. The first-order valence-electron chi connectivity index (χ1n) is 11.8. The van der Waals surface area contributed by atoms with Gasteiger partial charge >= 0.3 is 0 Å². The lowest BCUT2D eigenvalue weighted by Crippen LogP contribution is -2.42. The van der Waals surface area contributed by atoms with E-state index in [1.165, 1.54) is 24.1 Å². The van der Waals surface area contributed by atoms with E-state index < -0.39 is 0 Å². The van der Waals surface area contributed by atoms with Crippen molar-refractivity contribution < 1.29 is 14.2 Å². The molecule has 0 radical (unpaired) electrons. The molecule has 0 aromatic heterocycles. The molecule has 3 saturated heterocycles. The molecule has 0 amide bonds. The summed E-state index contributed by atoms with van der Waals surface area (Å²) in [6.45, 7) is 10.3. The second-order valence-electron chi connectivity index (χ2n) is 8.86. The van der Waals surface area contributed by atoms with Crippen LogP contribution in [0.5, 0.6) is 0 Å². The monoisotopic (exact) mass is 558 g/mol. The zero-order valence-corrected chi connectivity index (χ0v) is 21.7. The third-order valence-electron chi connectivity index (χ3n) is 6.51. The van der Waals surface area contributed by atoms with Crippen molar-refractivity contribution in [2.75, 3.05) is 66.2 Å².